The summed E-state index contributed by atoms with van der Waals surface area (Å²) in [6.45, 7) is 7.11. The van der Waals surface area contributed by atoms with Gasteiger partial charge in [-0.05, 0) is 111 Å². The number of carboxylic acids is 1. The summed E-state index contributed by atoms with van der Waals surface area (Å²) in [5.41, 5.74) is 0.494. The van der Waals surface area contributed by atoms with Gasteiger partial charge < -0.3 is 20.1 Å². The van der Waals surface area contributed by atoms with Gasteiger partial charge in [0.2, 0.25) is 0 Å². The van der Waals surface area contributed by atoms with Crippen LogP contribution >= 0.6 is 0 Å². The average molecular weight is 431 g/mol. The van der Waals surface area contributed by atoms with Gasteiger partial charge in [-0.1, -0.05) is 20.8 Å². The predicted octanol–water partition coefficient (Wildman–Crippen LogP) is 0.147. The fraction of sp³-hybridized carbons (Fsp3) is 0.958. The van der Waals surface area contributed by atoms with Crippen LogP contribution in [0, 0.1) is 46.3 Å². The van der Waals surface area contributed by atoms with Crippen molar-refractivity contribution in [2.24, 2.45) is 46.3 Å². The number of aliphatic hydroxyl groups is 2. The van der Waals surface area contributed by atoms with Crippen LogP contribution in [0.1, 0.15) is 85.0 Å². The van der Waals surface area contributed by atoms with Crippen LogP contribution in [0.3, 0.4) is 0 Å². The minimum Gasteiger partial charge on any atom is -0.550 e. The summed E-state index contributed by atoms with van der Waals surface area (Å²) < 4.78 is 0. The number of aliphatic carboxylic acids is 1. The molecule has 0 amide bonds. The Kier molecular flexibility index (Phi) is 7.75. The third-order valence-corrected chi connectivity index (χ3v) is 10.2. The van der Waals surface area contributed by atoms with Crippen LogP contribution in [-0.4, -0.2) is 28.4 Å². The zero-order chi connectivity index (χ0) is 20.3. The Bertz CT molecular complexity index is 612. The molecule has 10 atom stereocenters. The number of carboxylic acid groups (broad SMARTS) is 1. The minimum atomic E-state index is -0.934. The van der Waals surface area contributed by atoms with Gasteiger partial charge in [0, 0.05) is 5.97 Å². The molecule has 4 nitrogen and oxygen atoms in total. The summed E-state index contributed by atoms with van der Waals surface area (Å²) in [5.74, 6) is 1.99. The van der Waals surface area contributed by atoms with E-state index in [2.05, 4.69) is 20.8 Å². The second kappa shape index (κ2) is 9.11. The first kappa shape index (κ1) is 24.7. The van der Waals surface area contributed by atoms with E-state index in [0.717, 1.165) is 25.7 Å². The Labute approximate surface area is 219 Å². The molecule has 0 aliphatic heterocycles. The molecule has 0 saturated heterocycles. The molecular formula is C24H39KO4. The molecule has 0 radical (unpaired) electrons. The Morgan fingerprint density at radius 1 is 1.03 bits per heavy atom. The monoisotopic (exact) mass is 430 g/mol. The van der Waals surface area contributed by atoms with Crippen molar-refractivity contribution in [2.75, 3.05) is 0 Å². The van der Waals surface area contributed by atoms with E-state index in [4.69, 9.17) is 0 Å². The Hall–Kier alpha value is 1.03. The molecule has 0 aromatic carbocycles. The van der Waals surface area contributed by atoms with E-state index in [1.54, 1.807) is 0 Å². The quantitative estimate of drug-likeness (QED) is 0.622. The van der Waals surface area contributed by atoms with Crippen molar-refractivity contribution in [2.45, 2.75) is 97.2 Å². The first-order valence-corrected chi connectivity index (χ1v) is 11.7. The first-order valence-electron chi connectivity index (χ1n) is 11.7. The summed E-state index contributed by atoms with van der Waals surface area (Å²) in [7, 11) is 0. The number of aliphatic hydroxyl groups excluding tert-OH is 2. The van der Waals surface area contributed by atoms with Crippen molar-refractivity contribution in [1.29, 1.82) is 0 Å². The topological polar surface area (TPSA) is 80.6 Å². The fourth-order valence-corrected chi connectivity index (χ4v) is 8.72. The zero-order valence-electron chi connectivity index (χ0n) is 18.9. The number of hydrogen-bond donors (Lipinski definition) is 2. The molecule has 5 heteroatoms. The van der Waals surface area contributed by atoms with Crippen LogP contribution in [0.4, 0.5) is 0 Å². The molecule has 29 heavy (non-hydrogen) atoms. The SMILES string of the molecule is CC(CCC(=O)[O-])[C@H]1CC[C@@H]2C3[C@H](O)C[C@@H]4C[C@H](O)CC[C@]4(C)[C@H]3CC[C@]12C.[K+]. The molecule has 0 heterocycles. The molecule has 4 fully saturated rings. The summed E-state index contributed by atoms with van der Waals surface area (Å²) in [6.07, 6.45) is 8.91. The molecule has 4 aliphatic rings. The van der Waals surface area contributed by atoms with Crippen molar-refractivity contribution < 1.29 is 71.5 Å². The predicted molar refractivity (Wildman–Crippen MR) is 106 cm³/mol. The summed E-state index contributed by atoms with van der Waals surface area (Å²) in [6, 6.07) is 0. The third kappa shape index (κ3) is 4.20. The largest absolute Gasteiger partial charge is 1.00 e. The third-order valence-electron chi connectivity index (χ3n) is 10.2. The van der Waals surface area contributed by atoms with Gasteiger partial charge in [0.15, 0.2) is 0 Å². The van der Waals surface area contributed by atoms with Crippen molar-refractivity contribution in [3.05, 3.63) is 0 Å². The van der Waals surface area contributed by atoms with Crippen LogP contribution in [0.25, 0.3) is 0 Å². The van der Waals surface area contributed by atoms with E-state index >= 15 is 0 Å². The van der Waals surface area contributed by atoms with Crippen LogP contribution in [0.15, 0.2) is 0 Å². The maximum atomic E-state index is 11.2. The number of carbonyl (C=O) groups excluding carboxylic acids is 1. The molecule has 4 aliphatic carbocycles. The molecule has 0 spiro atoms. The van der Waals surface area contributed by atoms with E-state index in [1.165, 1.54) is 25.7 Å². The Morgan fingerprint density at radius 2 is 1.69 bits per heavy atom. The minimum absolute atomic E-state index is 0. The standard InChI is InChI=1S/C24H40O4.K/c1-14(4-7-21(27)28)17-5-6-18-22-19(9-11-24(17,18)3)23(2)10-8-16(25)12-15(23)13-20(22)26;/h14-20,22,25-26H,4-13H2,1-3H3,(H,27,28);/q;+1/p-1/t14?,15-,16+,17+,18+,19-,20+,22?,23-,24+;/m0./s1. The van der Waals surface area contributed by atoms with E-state index in [9.17, 15) is 20.1 Å². The van der Waals surface area contributed by atoms with Gasteiger partial charge in [0.1, 0.15) is 0 Å². The maximum absolute atomic E-state index is 11.2. The van der Waals surface area contributed by atoms with Crippen LogP contribution in [-0.2, 0) is 4.79 Å². The number of hydrogen-bond acceptors (Lipinski definition) is 4. The van der Waals surface area contributed by atoms with E-state index in [0.29, 0.717) is 41.9 Å². The van der Waals surface area contributed by atoms with Crippen LogP contribution in [0.2, 0.25) is 0 Å². The second-order valence-corrected chi connectivity index (χ2v) is 11.3. The normalized spacial score (nSPS) is 49.9. The molecular weight excluding hydrogens is 391 g/mol. The van der Waals surface area contributed by atoms with Gasteiger partial charge in [0.05, 0.1) is 12.2 Å². The van der Waals surface area contributed by atoms with E-state index < -0.39 is 5.97 Å². The van der Waals surface area contributed by atoms with Crippen LogP contribution < -0.4 is 56.5 Å². The molecule has 0 aromatic heterocycles. The van der Waals surface area contributed by atoms with Gasteiger partial charge in [0.25, 0.3) is 0 Å². The molecule has 2 unspecified atom stereocenters. The van der Waals surface area contributed by atoms with Gasteiger partial charge in [-0.2, -0.15) is 0 Å². The van der Waals surface area contributed by atoms with Gasteiger partial charge in [-0.25, -0.2) is 0 Å². The molecule has 4 saturated carbocycles. The van der Waals surface area contributed by atoms with E-state index in [-0.39, 0.29) is 80.8 Å². The van der Waals surface area contributed by atoms with Crippen molar-refractivity contribution >= 4 is 5.97 Å². The van der Waals surface area contributed by atoms with Gasteiger partial charge >= 0.3 is 51.4 Å². The molecule has 0 bridgehead atoms. The first-order chi connectivity index (χ1) is 13.2. The summed E-state index contributed by atoms with van der Waals surface area (Å²) in [4.78, 5) is 10.9. The van der Waals surface area contributed by atoms with Gasteiger partial charge in [-0.15, -0.1) is 0 Å². The van der Waals surface area contributed by atoms with Crippen LogP contribution in [0.5, 0.6) is 0 Å². The number of fused-ring (bicyclic) bond motifs is 5. The van der Waals surface area contributed by atoms with Gasteiger partial charge in [-0.3, -0.25) is 0 Å². The van der Waals surface area contributed by atoms with Crippen molar-refractivity contribution in [3.63, 3.8) is 0 Å². The number of carbonyl (C=O) groups is 1. The van der Waals surface area contributed by atoms with Crippen molar-refractivity contribution in [1.82, 2.24) is 0 Å². The Morgan fingerprint density at radius 3 is 2.38 bits per heavy atom. The summed E-state index contributed by atoms with van der Waals surface area (Å²) in [5, 5.41) is 32.4. The van der Waals surface area contributed by atoms with E-state index in [1.807, 2.05) is 0 Å². The average Bonchev–Trinajstić information content (AvgIpc) is 2.98. The second-order valence-electron chi connectivity index (χ2n) is 11.3. The molecule has 2 N–H and O–H groups in total. The fourth-order valence-electron chi connectivity index (χ4n) is 8.72. The van der Waals surface area contributed by atoms with Crippen molar-refractivity contribution in [3.8, 4) is 0 Å². The Balaban J connectivity index is 0.00000240. The maximum Gasteiger partial charge on any atom is 1.00 e. The molecule has 160 valence electrons. The molecule has 0 aromatic rings. The summed E-state index contributed by atoms with van der Waals surface area (Å²) >= 11 is 0. The number of rotatable bonds is 4. The smallest absolute Gasteiger partial charge is 0.550 e. The zero-order valence-corrected chi connectivity index (χ0v) is 22.0. The molecule has 4 rings (SSSR count).